The van der Waals surface area contributed by atoms with Crippen LogP contribution in [0.2, 0.25) is 0 Å². The van der Waals surface area contributed by atoms with E-state index in [4.69, 9.17) is 16.9 Å². The number of hydrogen-bond donors (Lipinski definition) is 0. The highest BCUT2D eigenvalue weighted by molar-refractivity contribution is 9.10. The average Bonchev–Trinajstić information content (AvgIpc) is 2.84. The molecular weight excluding hydrogens is 357 g/mol. The second kappa shape index (κ2) is 5.47. The maximum absolute atomic E-state index is 13.3. The van der Waals surface area contributed by atoms with E-state index in [1.165, 1.54) is 12.1 Å². The molecule has 0 N–H and O–H groups in total. The summed E-state index contributed by atoms with van der Waals surface area (Å²) in [5.41, 5.74) is 2.66. The normalized spacial score (nSPS) is 10.8. The number of aromatic nitrogens is 2. The molecule has 1 aromatic heterocycles. The van der Waals surface area contributed by atoms with Crippen molar-refractivity contribution in [2.45, 2.75) is 5.88 Å². The number of halogens is 3. The minimum atomic E-state index is -0.341. The molecule has 6 heteroatoms. The molecule has 3 aromatic rings. The van der Waals surface area contributed by atoms with E-state index >= 15 is 0 Å². The lowest BCUT2D eigenvalue weighted by Gasteiger charge is -2.10. The Morgan fingerprint density at radius 3 is 2.76 bits per heavy atom. The van der Waals surface area contributed by atoms with Crippen molar-refractivity contribution in [3.05, 3.63) is 58.1 Å². The van der Waals surface area contributed by atoms with Crippen LogP contribution >= 0.6 is 27.5 Å². The Hall–Kier alpha value is -1.90. The summed E-state index contributed by atoms with van der Waals surface area (Å²) in [5.74, 6) is 0.470. The van der Waals surface area contributed by atoms with Gasteiger partial charge in [0.2, 0.25) is 0 Å². The monoisotopic (exact) mass is 363 g/mol. The molecule has 0 saturated carbocycles. The minimum absolute atomic E-state index is 0.197. The number of imidazole rings is 1. The first-order valence-electron chi connectivity index (χ1n) is 6.07. The molecule has 0 radical (unpaired) electrons. The smallest absolute Gasteiger partial charge is 0.129 e. The molecule has 0 aliphatic carbocycles. The molecule has 0 atom stereocenters. The Balaban J connectivity index is 2.31. The summed E-state index contributed by atoms with van der Waals surface area (Å²) in [7, 11) is 0. The number of alkyl halides is 1. The van der Waals surface area contributed by atoms with E-state index in [1.54, 1.807) is 18.2 Å². The standard InChI is InChI=1S/C15H8BrClFN3/c16-11-5-9(8-19)1-3-13(11)21-14-4-2-10(18)6-12(14)20-15(21)7-17/h1-6H,7H2. The van der Waals surface area contributed by atoms with E-state index in [9.17, 15) is 4.39 Å². The van der Waals surface area contributed by atoms with Crippen LogP contribution in [0, 0.1) is 17.1 Å². The van der Waals surface area contributed by atoms with Crippen molar-refractivity contribution >= 4 is 38.6 Å². The Kier molecular flexibility index (Phi) is 3.66. The summed E-state index contributed by atoms with van der Waals surface area (Å²) in [5, 5.41) is 8.93. The molecule has 0 amide bonds. The number of benzene rings is 2. The van der Waals surface area contributed by atoms with Gasteiger partial charge in [-0.25, -0.2) is 9.37 Å². The maximum atomic E-state index is 13.3. The van der Waals surface area contributed by atoms with Crippen LogP contribution in [0.4, 0.5) is 4.39 Å². The average molecular weight is 365 g/mol. The number of nitrogens with zero attached hydrogens (tertiary/aromatic N) is 3. The lowest BCUT2D eigenvalue weighted by molar-refractivity contribution is 0.629. The lowest BCUT2D eigenvalue weighted by atomic mass is 10.2. The van der Waals surface area contributed by atoms with Gasteiger partial charge >= 0.3 is 0 Å². The van der Waals surface area contributed by atoms with E-state index in [2.05, 4.69) is 27.0 Å². The SMILES string of the molecule is N#Cc1ccc(-n2c(CCl)nc3cc(F)ccc32)c(Br)c1. The van der Waals surface area contributed by atoms with Gasteiger partial charge in [-0.1, -0.05) is 0 Å². The molecule has 0 spiro atoms. The number of rotatable bonds is 2. The van der Waals surface area contributed by atoms with Crippen LogP contribution in [0.15, 0.2) is 40.9 Å². The molecule has 2 aromatic carbocycles. The molecule has 0 aliphatic heterocycles. The van der Waals surface area contributed by atoms with Crippen LogP contribution in [0.5, 0.6) is 0 Å². The summed E-state index contributed by atoms with van der Waals surface area (Å²) in [6, 6.07) is 11.8. The molecule has 0 saturated heterocycles. The lowest BCUT2D eigenvalue weighted by Crippen LogP contribution is -2.00. The first-order valence-corrected chi connectivity index (χ1v) is 7.39. The van der Waals surface area contributed by atoms with Gasteiger partial charge in [0.25, 0.3) is 0 Å². The van der Waals surface area contributed by atoms with Gasteiger partial charge < -0.3 is 0 Å². The molecule has 104 valence electrons. The Morgan fingerprint density at radius 2 is 2.10 bits per heavy atom. The van der Waals surface area contributed by atoms with Gasteiger partial charge in [-0.3, -0.25) is 4.57 Å². The highest BCUT2D eigenvalue weighted by atomic mass is 79.9. The quantitative estimate of drug-likeness (QED) is 0.627. The molecule has 0 unspecified atom stereocenters. The second-order valence-corrected chi connectivity index (χ2v) is 5.53. The van der Waals surface area contributed by atoms with Gasteiger partial charge in [-0.15, -0.1) is 11.6 Å². The molecule has 0 bridgehead atoms. The van der Waals surface area contributed by atoms with Crippen LogP contribution in [-0.2, 0) is 5.88 Å². The van der Waals surface area contributed by atoms with E-state index in [0.717, 1.165) is 15.7 Å². The molecular formula is C15H8BrClFN3. The molecule has 3 rings (SSSR count). The van der Waals surface area contributed by atoms with Gasteiger partial charge in [0.1, 0.15) is 11.6 Å². The summed E-state index contributed by atoms with van der Waals surface area (Å²) in [6.45, 7) is 0. The van der Waals surface area contributed by atoms with Gasteiger partial charge in [0.15, 0.2) is 0 Å². The zero-order chi connectivity index (χ0) is 15.0. The highest BCUT2D eigenvalue weighted by Gasteiger charge is 2.14. The van der Waals surface area contributed by atoms with Gasteiger partial charge in [0, 0.05) is 10.5 Å². The van der Waals surface area contributed by atoms with Crippen molar-refractivity contribution < 1.29 is 4.39 Å². The zero-order valence-electron chi connectivity index (χ0n) is 10.6. The molecule has 0 aliphatic rings. The van der Waals surface area contributed by atoms with E-state index < -0.39 is 0 Å². The first-order chi connectivity index (χ1) is 10.1. The van der Waals surface area contributed by atoms with Crippen LogP contribution in [0.1, 0.15) is 11.4 Å². The topological polar surface area (TPSA) is 41.6 Å². The third-order valence-corrected chi connectivity index (χ3v) is 4.00. The highest BCUT2D eigenvalue weighted by Crippen LogP contribution is 2.29. The third kappa shape index (κ3) is 2.41. The van der Waals surface area contributed by atoms with E-state index in [1.807, 2.05) is 10.6 Å². The molecule has 1 heterocycles. The summed E-state index contributed by atoms with van der Waals surface area (Å²) in [4.78, 5) is 4.36. The minimum Gasteiger partial charge on any atom is -0.294 e. The number of hydrogen-bond acceptors (Lipinski definition) is 2. The molecule has 21 heavy (non-hydrogen) atoms. The fourth-order valence-electron chi connectivity index (χ4n) is 2.22. The summed E-state index contributed by atoms with van der Waals surface area (Å²) in [6.07, 6.45) is 0. The maximum Gasteiger partial charge on any atom is 0.129 e. The Labute approximate surface area is 133 Å². The van der Waals surface area contributed by atoms with Crippen LogP contribution in [0.3, 0.4) is 0 Å². The van der Waals surface area contributed by atoms with Crippen molar-refractivity contribution in [1.29, 1.82) is 5.26 Å². The Morgan fingerprint density at radius 1 is 1.29 bits per heavy atom. The predicted octanol–water partition coefficient (Wildman–Crippen LogP) is 4.54. The van der Waals surface area contributed by atoms with Crippen molar-refractivity contribution in [2.24, 2.45) is 0 Å². The largest absolute Gasteiger partial charge is 0.294 e. The van der Waals surface area contributed by atoms with Crippen LogP contribution < -0.4 is 0 Å². The van der Waals surface area contributed by atoms with Gasteiger partial charge in [-0.05, 0) is 46.3 Å². The Bertz CT molecular complexity index is 882. The third-order valence-electron chi connectivity index (χ3n) is 3.12. The number of fused-ring (bicyclic) bond motifs is 1. The fourth-order valence-corrected chi connectivity index (χ4v) is 2.95. The number of nitriles is 1. The van der Waals surface area contributed by atoms with Crippen molar-refractivity contribution in [1.82, 2.24) is 9.55 Å². The van der Waals surface area contributed by atoms with Crippen molar-refractivity contribution in [3.8, 4) is 11.8 Å². The summed E-state index contributed by atoms with van der Waals surface area (Å²) < 4.78 is 15.9. The molecule has 0 fully saturated rings. The van der Waals surface area contributed by atoms with Gasteiger partial charge in [0.05, 0.1) is 34.2 Å². The summed E-state index contributed by atoms with van der Waals surface area (Å²) >= 11 is 9.42. The van der Waals surface area contributed by atoms with Gasteiger partial charge in [-0.2, -0.15) is 5.26 Å². The van der Waals surface area contributed by atoms with Crippen LogP contribution in [0.25, 0.3) is 16.7 Å². The van der Waals surface area contributed by atoms with Crippen LogP contribution in [-0.4, -0.2) is 9.55 Å². The fraction of sp³-hybridized carbons (Fsp3) is 0.0667. The predicted molar refractivity (Wildman–Crippen MR) is 83.0 cm³/mol. The van der Waals surface area contributed by atoms with Crippen molar-refractivity contribution in [2.75, 3.05) is 0 Å². The first kappa shape index (κ1) is 14.1. The zero-order valence-corrected chi connectivity index (χ0v) is 13.0. The second-order valence-electron chi connectivity index (χ2n) is 4.41. The van der Waals surface area contributed by atoms with E-state index in [0.29, 0.717) is 16.9 Å². The van der Waals surface area contributed by atoms with E-state index in [-0.39, 0.29) is 11.7 Å². The molecule has 3 nitrogen and oxygen atoms in total. The van der Waals surface area contributed by atoms with Crippen molar-refractivity contribution in [3.63, 3.8) is 0 Å².